The van der Waals surface area contributed by atoms with E-state index < -0.39 is 10.8 Å². The molecule has 19 heavy (non-hydrogen) atoms. The van der Waals surface area contributed by atoms with Crippen molar-refractivity contribution < 1.29 is 9.72 Å². The van der Waals surface area contributed by atoms with Crippen molar-refractivity contribution in [2.75, 3.05) is 26.0 Å². The Morgan fingerprint density at radius 3 is 2.89 bits per heavy atom. The molecule has 0 unspecified atom stereocenters. The van der Waals surface area contributed by atoms with Gasteiger partial charge in [-0.05, 0) is 0 Å². The summed E-state index contributed by atoms with van der Waals surface area (Å²) in [4.78, 5) is 27.4. The second-order valence-corrected chi connectivity index (χ2v) is 3.73. The lowest BCUT2D eigenvalue weighted by Gasteiger charge is -2.15. The second-order valence-electron chi connectivity index (χ2n) is 3.73. The van der Waals surface area contributed by atoms with Gasteiger partial charge in [0.1, 0.15) is 17.6 Å². The van der Waals surface area contributed by atoms with Crippen LogP contribution in [0.4, 0.5) is 11.5 Å². The fourth-order valence-corrected chi connectivity index (χ4v) is 1.43. The van der Waals surface area contributed by atoms with Gasteiger partial charge in [0.05, 0.1) is 17.4 Å². The first-order chi connectivity index (χ1) is 9.01. The highest BCUT2D eigenvalue weighted by molar-refractivity contribution is 5.98. The molecule has 0 saturated heterocycles. The highest BCUT2D eigenvalue weighted by Gasteiger charge is 2.23. The molecule has 0 spiro atoms. The van der Waals surface area contributed by atoms with Crippen molar-refractivity contribution in [1.82, 2.24) is 9.88 Å². The van der Waals surface area contributed by atoms with Crippen LogP contribution < -0.4 is 5.32 Å². The van der Waals surface area contributed by atoms with E-state index in [1.807, 2.05) is 6.07 Å². The van der Waals surface area contributed by atoms with Crippen LogP contribution in [-0.4, -0.2) is 41.4 Å². The molecule has 0 aromatic carbocycles. The number of aromatic nitrogens is 1. The van der Waals surface area contributed by atoms with E-state index in [1.165, 1.54) is 18.0 Å². The zero-order valence-electron chi connectivity index (χ0n) is 10.6. The molecule has 1 heterocycles. The molecule has 1 aromatic heterocycles. The molecular weight excluding hydrogens is 250 g/mol. The lowest BCUT2D eigenvalue weighted by atomic mass is 10.2. The number of hydrogen-bond donors (Lipinski definition) is 1. The van der Waals surface area contributed by atoms with Crippen molar-refractivity contribution in [3.63, 3.8) is 0 Å². The third-order valence-electron chi connectivity index (χ3n) is 2.47. The van der Waals surface area contributed by atoms with Crippen LogP contribution >= 0.6 is 0 Å². The van der Waals surface area contributed by atoms with Crippen LogP contribution in [0.1, 0.15) is 16.8 Å². The number of nitriles is 1. The molecule has 1 aromatic rings. The van der Waals surface area contributed by atoms with Crippen molar-refractivity contribution in [1.29, 1.82) is 5.26 Å². The molecule has 1 amide bonds. The minimum absolute atomic E-state index is 0.0511. The molecule has 0 radical (unpaired) electrons. The van der Waals surface area contributed by atoms with Crippen LogP contribution in [-0.2, 0) is 0 Å². The molecule has 0 aliphatic heterocycles. The van der Waals surface area contributed by atoms with E-state index in [-0.39, 0.29) is 24.2 Å². The summed E-state index contributed by atoms with van der Waals surface area (Å²) in [5.74, 6) is -0.150. The highest BCUT2D eigenvalue weighted by atomic mass is 16.6. The number of pyridine rings is 1. The van der Waals surface area contributed by atoms with Crippen LogP contribution in [0.2, 0.25) is 0 Å². The highest BCUT2D eigenvalue weighted by Crippen LogP contribution is 2.21. The van der Waals surface area contributed by atoms with Gasteiger partial charge in [-0.2, -0.15) is 5.26 Å². The SMILES string of the molecule is CNc1cc(C(=O)N(C)CCC#N)c([N+](=O)[O-])cn1. The lowest BCUT2D eigenvalue weighted by Crippen LogP contribution is -2.28. The Morgan fingerprint density at radius 2 is 2.37 bits per heavy atom. The maximum absolute atomic E-state index is 12.1. The summed E-state index contributed by atoms with van der Waals surface area (Å²) in [6.45, 7) is 0.212. The Labute approximate surface area is 109 Å². The molecule has 0 atom stereocenters. The van der Waals surface area contributed by atoms with E-state index in [2.05, 4.69) is 10.3 Å². The summed E-state index contributed by atoms with van der Waals surface area (Å²) in [6, 6.07) is 3.24. The molecule has 0 bridgehead atoms. The van der Waals surface area contributed by atoms with Crippen molar-refractivity contribution in [2.45, 2.75) is 6.42 Å². The van der Waals surface area contributed by atoms with Gasteiger partial charge in [-0.15, -0.1) is 0 Å². The number of rotatable bonds is 5. The number of nitrogens with one attached hydrogen (secondary N) is 1. The summed E-state index contributed by atoms with van der Waals surface area (Å²) in [5.41, 5.74) is -0.405. The predicted molar refractivity (Wildman–Crippen MR) is 67.6 cm³/mol. The zero-order valence-corrected chi connectivity index (χ0v) is 10.6. The minimum Gasteiger partial charge on any atom is -0.373 e. The third kappa shape index (κ3) is 3.38. The molecule has 0 saturated carbocycles. The Bertz CT molecular complexity index is 538. The van der Waals surface area contributed by atoms with E-state index in [9.17, 15) is 14.9 Å². The minimum atomic E-state index is -0.655. The number of hydrogen-bond acceptors (Lipinski definition) is 6. The fraction of sp³-hybridized carbons (Fsp3) is 0.364. The topological polar surface area (TPSA) is 112 Å². The first-order valence-corrected chi connectivity index (χ1v) is 5.45. The quantitative estimate of drug-likeness (QED) is 0.626. The standard InChI is InChI=1S/C11H13N5O3/c1-13-10-6-8(9(7-14-10)16(18)19)11(17)15(2)5-3-4-12/h6-7H,3,5H2,1-2H3,(H,13,14). The molecule has 1 N–H and O–H groups in total. The van der Waals surface area contributed by atoms with Gasteiger partial charge in [-0.25, -0.2) is 4.98 Å². The summed E-state index contributed by atoms with van der Waals surface area (Å²) < 4.78 is 0. The molecule has 1 rings (SSSR count). The number of carbonyl (C=O) groups is 1. The molecule has 0 aliphatic carbocycles. The predicted octanol–water partition coefficient (Wildman–Crippen LogP) is 1.02. The molecule has 0 fully saturated rings. The number of carbonyl (C=O) groups excluding carboxylic acids is 1. The van der Waals surface area contributed by atoms with Crippen LogP contribution in [0.3, 0.4) is 0 Å². The first-order valence-electron chi connectivity index (χ1n) is 5.45. The Kier molecular flexibility index (Phi) is 4.76. The van der Waals surface area contributed by atoms with Gasteiger partial charge in [0.2, 0.25) is 0 Å². The number of nitrogens with zero attached hydrogens (tertiary/aromatic N) is 4. The van der Waals surface area contributed by atoms with Gasteiger partial charge >= 0.3 is 0 Å². The Balaban J connectivity index is 3.12. The van der Waals surface area contributed by atoms with E-state index in [0.29, 0.717) is 5.82 Å². The lowest BCUT2D eigenvalue weighted by molar-refractivity contribution is -0.385. The van der Waals surface area contributed by atoms with Gasteiger partial charge in [0.25, 0.3) is 11.6 Å². The zero-order chi connectivity index (χ0) is 14.4. The average Bonchev–Trinajstić information content (AvgIpc) is 2.42. The van der Waals surface area contributed by atoms with Gasteiger partial charge in [-0.1, -0.05) is 0 Å². The maximum Gasteiger partial charge on any atom is 0.300 e. The largest absolute Gasteiger partial charge is 0.373 e. The summed E-state index contributed by atoms with van der Waals surface area (Å²) >= 11 is 0. The van der Waals surface area contributed by atoms with Gasteiger partial charge in [0.15, 0.2) is 0 Å². The molecule has 100 valence electrons. The smallest absolute Gasteiger partial charge is 0.300 e. The molecular formula is C11H13N5O3. The van der Waals surface area contributed by atoms with Crippen LogP contribution in [0.15, 0.2) is 12.3 Å². The van der Waals surface area contributed by atoms with Gasteiger partial charge < -0.3 is 10.2 Å². The number of amides is 1. The molecule has 8 nitrogen and oxygen atoms in total. The maximum atomic E-state index is 12.1. The van der Waals surface area contributed by atoms with Crippen molar-refractivity contribution in [3.05, 3.63) is 27.9 Å². The van der Waals surface area contributed by atoms with Crippen LogP contribution in [0, 0.1) is 21.4 Å². The summed E-state index contributed by atoms with van der Waals surface area (Å²) in [6.07, 6.45) is 1.21. The van der Waals surface area contributed by atoms with Crippen LogP contribution in [0.25, 0.3) is 0 Å². The second kappa shape index (κ2) is 6.30. The van der Waals surface area contributed by atoms with E-state index in [4.69, 9.17) is 5.26 Å². The van der Waals surface area contributed by atoms with Crippen molar-refractivity contribution in [3.8, 4) is 6.07 Å². The average molecular weight is 263 g/mol. The molecule has 0 aliphatic rings. The number of anilines is 1. The monoisotopic (exact) mass is 263 g/mol. The Hall–Kier alpha value is -2.69. The molecule has 8 heteroatoms. The van der Waals surface area contributed by atoms with E-state index in [0.717, 1.165) is 6.20 Å². The third-order valence-corrected chi connectivity index (χ3v) is 2.47. The van der Waals surface area contributed by atoms with Crippen LogP contribution in [0.5, 0.6) is 0 Å². The first kappa shape index (κ1) is 14.4. The summed E-state index contributed by atoms with van der Waals surface area (Å²) in [7, 11) is 3.09. The van der Waals surface area contributed by atoms with E-state index in [1.54, 1.807) is 7.05 Å². The fourth-order valence-electron chi connectivity index (χ4n) is 1.43. The van der Waals surface area contributed by atoms with Crippen molar-refractivity contribution >= 4 is 17.4 Å². The van der Waals surface area contributed by atoms with Gasteiger partial charge in [0, 0.05) is 26.7 Å². The van der Waals surface area contributed by atoms with E-state index >= 15 is 0 Å². The Morgan fingerprint density at radius 1 is 1.68 bits per heavy atom. The van der Waals surface area contributed by atoms with Gasteiger partial charge in [-0.3, -0.25) is 14.9 Å². The summed E-state index contributed by atoms with van der Waals surface area (Å²) in [5, 5.41) is 22.1. The van der Waals surface area contributed by atoms with Crippen molar-refractivity contribution in [2.24, 2.45) is 0 Å². The normalized spacial score (nSPS) is 9.53. The number of nitro groups is 1.